The van der Waals surface area contributed by atoms with Crippen molar-refractivity contribution in [2.45, 2.75) is 33.0 Å². The van der Waals surface area contributed by atoms with Crippen molar-refractivity contribution in [3.8, 4) is 11.8 Å². The van der Waals surface area contributed by atoms with E-state index in [0.29, 0.717) is 16.3 Å². The number of nitrogens with zero attached hydrogens (tertiary/aromatic N) is 2. The van der Waals surface area contributed by atoms with Gasteiger partial charge in [-0.15, -0.1) is 0 Å². The number of oxime groups is 1. The zero-order valence-electron chi connectivity index (χ0n) is 13.7. The molecule has 24 heavy (non-hydrogen) atoms. The van der Waals surface area contributed by atoms with E-state index in [1.807, 2.05) is 37.3 Å². The smallest absolute Gasteiger partial charge is 0.143 e. The van der Waals surface area contributed by atoms with E-state index < -0.39 is 0 Å². The van der Waals surface area contributed by atoms with Crippen LogP contribution >= 0.6 is 11.6 Å². The van der Waals surface area contributed by atoms with Crippen molar-refractivity contribution in [1.29, 1.82) is 5.26 Å². The van der Waals surface area contributed by atoms with Crippen molar-refractivity contribution in [2.75, 3.05) is 0 Å². The maximum Gasteiger partial charge on any atom is 0.143 e. The summed E-state index contributed by atoms with van der Waals surface area (Å²) in [6.07, 6.45) is 2.61. The Bertz CT molecular complexity index is 753. The highest BCUT2D eigenvalue weighted by Gasteiger charge is 2.06. The average Bonchev–Trinajstić information content (AvgIpc) is 2.61. The molecule has 0 heterocycles. The van der Waals surface area contributed by atoms with Crippen molar-refractivity contribution in [1.82, 2.24) is 0 Å². The third-order valence-electron chi connectivity index (χ3n) is 3.49. The predicted octanol–water partition coefficient (Wildman–Crippen LogP) is 4.94. The highest BCUT2D eigenvalue weighted by Crippen LogP contribution is 2.26. The number of ether oxygens (including phenoxy) is 1. The monoisotopic (exact) mass is 342 g/mol. The van der Waals surface area contributed by atoms with E-state index in [-0.39, 0.29) is 12.7 Å². The molecule has 0 unspecified atom stereocenters. The van der Waals surface area contributed by atoms with E-state index >= 15 is 0 Å². The van der Waals surface area contributed by atoms with E-state index in [2.05, 4.69) is 18.1 Å². The number of hydrogen-bond donors (Lipinski definition) is 0. The first-order valence-corrected chi connectivity index (χ1v) is 8.11. The number of hydrogen-bond acceptors (Lipinski definition) is 4. The molecule has 2 aromatic carbocycles. The van der Waals surface area contributed by atoms with Gasteiger partial charge in [-0.2, -0.15) is 5.26 Å². The molecular weight excluding hydrogens is 324 g/mol. The molecule has 0 amide bonds. The Hall–Kier alpha value is -2.51. The summed E-state index contributed by atoms with van der Waals surface area (Å²) in [5, 5.41) is 13.5. The van der Waals surface area contributed by atoms with Crippen molar-refractivity contribution in [3.05, 3.63) is 64.2 Å². The number of benzene rings is 2. The van der Waals surface area contributed by atoms with Gasteiger partial charge >= 0.3 is 0 Å². The number of rotatable bonds is 7. The van der Waals surface area contributed by atoms with Crippen molar-refractivity contribution >= 4 is 17.8 Å². The van der Waals surface area contributed by atoms with Crippen molar-refractivity contribution in [2.24, 2.45) is 5.16 Å². The summed E-state index contributed by atoms with van der Waals surface area (Å²) in [5.41, 5.74) is 2.19. The lowest BCUT2D eigenvalue weighted by atomic mass is 10.1. The molecule has 0 N–H and O–H groups in total. The Morgan fingerprint density at radius 2 is 2.08 bits per heavy atom. The Balaban J connectivity index is 1.95. The summed E-state index contributed by atoms with van der Waals surface area (Å²) >= 11 is 6.22. The maximum absolute atomic E-state index is 9.02. The number of halogens is 1. The first-order chi connectivity index (χ1) is 11.6. The molecule has 124 valence electrons. The largest absolute Gasteiger partial charge is 0.489 e. The van der Waals surface area contributed by atoms with Gasteiger partial charge in [0, 0.05) is 5.56 Å². The SMILES string of the molecule is CC[C@H](C)Oc1ccc(/C=N\OCc2ccccc2C#N)cc1Cl. The molecule has 0 aliphatic carbocycles. The lowest BCUT2D eigenvalue weighted by Gasteiger charge is -2.13. The Morgan fingerprint density at radius 1 is 1.29 bits per heavy atom. The van der Waals surface area contributed by atoms with Gasteiger partial charge < -0.3 is 9.57 Å². The van der Waals surface area contributed by atoms with Gasteiger partial charge in [0.2, 0.25) is 0 Å². The molecule has 4 nitrogen and oxygen atoms in total. The van der Waals surface area contributed by atoms with Crippen molar-refractivity contribution < 1.29 is 9.57 Å². The van der Waals surface area contributed by atoms with Gasteiger partial charge in [0.15, 0.2) is 0 Å². The topological polar surface area (TPSA) is 54.6 Å². The molecule has 0 aliphatic heterocycles. The Morgan fingerprint density at radius 3 is 2.79 bits per heavy atom. The van der Waals surface area contributed by atoms with Crippen LogP contribution in [0, 0.1) is 11.3 Å². The van der Waals surface area contributed by atoms with Crippen LogP contribution in [0.25, 0.3) is 0 Å². The van der Waals surface area contributed by atoms with Gasteiger partial charge in [0.25, 0.3) is 0 Å². The second kappa shape index (κ2) is 8.95. The van der Waals surface area contributed by atoms with Crippen LogP contribution in [0.5, 0.6) is 5.75 Å². The second-order valence-electron chi connectivity index (χ2n) is 5.30. The van der Waals surface area contributed by atoms with Gasteiger partial charge in [-0.3, -0.25) is 0 Å². The summed E-state index contributed by atoms with van der Waals surface area (Å²) < 4.78 is 5.72. The fraction of sp³-hybridized carbons (Fsp3) is 0.263. The minimum atomic E-state index is 0.116. The molecule has 0 radical (unpaired) electrons. The van der Waals surface area contributed by atoms with E-state index in [0.717, 1.165) is 17.5 Å². The van der Waals surface area contributed by atoms with Crippen LogP contribution in [0.15, 0.2) is 47.6 Å². The highest BCUT2D eigenvalue weighted by atomic mass is 35.5. The molecule has 2 rings (SSSR count). The van der Waals surface area contributed by atoms with Crippen LogP contribution in [-0.4, -0.2) is 12.3 Å². The molecule has 0 saturated carbocycles. The normalized spacial score (nSPS) is 11.9. The lowest BCUT2D eigenvalue weighted by molar-refractivity contribution is 0.132. The van der Waals surface area contributed by atoms with Crippen LogP contribution in [0.2, 0.25) is 5.02 Å². The van der Waals surface area contributed by atoms with Crippen LogP contribution in [-0.2, 0) is 11.4 Å². The molecule has 0 aliphatic rings. The molecule has 0 fully saturated rings. The van der Waals surface area contributed by atoms with E-state index in [1.54, 1.807) is 18.3 Å². The van der Waals surface area contributed by atoms with Gasteiger partial charge in [0.1, 0.15) is 12.4 Å². The molecular formula is C19H19ClN2O2. The van der Waals surface area contributed by atoms with E-state index in [1.165, 1.54) is 0 Å². The highest BCUT2D eigenvalue weighted by molar-refractivity contribution is 6.32. The van der Waals surface area contributed by atoms with Gasteiger partial charge in [-0.05, 0) is 43.2 Å². The summed E-state index contributed by atoms with van der Waals surface area (Å²) in [4.78, 5) is 5.26. The molecule has 0 aromatic heterocycles. The predicted molar refractivity (Wildman–Crippen MR) is 95.4 cm³/mol. The molecule has 5 heteroatoms. The van der Waals surface area contributed by atoms with Gasteiger partial charge in [0.05, 0.1) is 29.0 Å². The standard InChI is InChI=1S/C19H19ClN2O2/c1-3-14(2)24-19-9-8-15(10-18(19)20)12-22-23-13-17-7-5-4-6-16(17)11-21/h4-10,12,14H,3,13H2,1-2H3/b22-12-/t14-/m0/s1. The fourth-order valence-corrected chi connectivity index (χ4v) is 2.19. The summed E-state index contributed by atoms with van der Waals surface area (Å²) in [5.74, 6) is 0.659. The lowest BCUT2D eigenvalue weighted by Crippen LogP contribution is -2.09. The van der Waals surface area contributed by atoms with E-state index in [9.17, 15) is 0 Å². The minimum Gasteiger partial charge on any atom is -0.489 e. The average molecular weight is 343 g/mol. The maximum atomic E-state index is 9.02. The summed E-state index contributed by atoms with van der Waals surface area (Å²) in [6, 6.07) is 14.8. The van der Waals surface area contributed by atoms with Crippen LogP contribution in [0.4, 0.5) is 0 Å². The third kappa shape index (κ3) is 5.00. The first kappa shape index (κ1) is 17.8. The Labute approximate surface area is 147 Å². The van der Waals surface area contributed by atoms with Gasteiger partial charge in [-0.25, -0.2) is 0 Å². The first-order valence-electron chi connectivity index (χ1n) is 7.73. The summed E-state index contributed by atoms with van der Waals surface area (Å²) in [6.45, 7) is 4.29. The van der Waals surface area contributed by atoms with E-state index in [4.69, 9.17) is 26.4 Å². The number of nitriles is 1. The zero-order valence-corrected chi connectivity index (χ0v) is 14.5. The Kier molecular flexibility index (Phi) is 6.65. The van der Waals surface area contributed by atoms with Crippen LogP contribution < -0.4 is 4.74 Å². The quantitative estimate of drug-likeness (QED) is 0.529. The molecule has 0 bridgehead atoms. The van der Waals surface area contributed by atoms with Crippen LogP contribution in [0.3, 0.4) is 0 Å². The third-order valence-corrected chi connectivity index (χ3v) is 3.79. The molecule has 2 aromatic rings. The molecule has 1 atom stereocenters. The fourth-order valence-electron chi connectivity index (χ4n) is 1.95. The summed E-state index contributed by atoms with van der Waals surface area (Å²) in [7, 11) is 0. The minimum absolute atomic E-state index is 0.116. The second-order valence-corrected chi connectivity index (χ2v) is 5.71. The van der Waals surface area contributed by atoms with Crippen molar-refractivity contribution in [3.63, 3.8) is 0 Å². The van der Waals surface area contributed by atoms with Crippen LogP contribution in [0.1, 0.15) is 37.0 Å². The van der Waals surface area contributed by atoms with Gasteiger partial charge in [-0.1, -0.05) is 41.9 Å². The molecule has 0 spiro atoms. The molecule has 0 saturated heterocycles. The zero-order chi connectivity index (χ0) is 17.4.